The molecule has 2 atom stereocenters. The van der Waals surface area contributed by atoms with E-state index in [2.05, 4.69) is 20.9 Å². The van der Waals surface area contributed by atoms with Crippen LogP contribution < -0.4 is 4.90 Å². The number of halogens is 2. The second-order valence-electron chi connectivity index (χ2n) is 6.36. The number of sulfone groups is 1. The zero-order valence-corrected chi connectivity index (χ0v) is 16.9. The van der Waals surface area contributed by atoms with Crippen LogP contribution in [0.1, 0.15) is 5.56 Å². The van der Waals surface area contributed by atoms with Crippen molar-refractivity contribution in [1.29, 1.82) is 0 Å². The summed E-state index contributed by atoms with van der Waals surface area (Å²) in [7, 11) is -3.14. The molecule has 0 unspecified atom stereocenters. The fourth-order valence-electron chi connectivity index (χ4n) is 3.29. The molecule has 8 heteroatoms. The van der Waals surface area contributed by atoms with Gasteiger partial charge in [-0.05, 0) is 29.8 Å². The Balaban J connectivity index is 1.63. The minimum atomic E-state index is -3.14. The summed E-state index contributed by atoms with van der Waals surface area (Å²) in [5.41, 5.74) is 1.51. The first-order chi connectivity index (χ1) is 12.4. The number of para-hydroxylation sites is 1. The van der Waals surface area contributed by atoms with E-state index in [9.17, 15) is 12.8 Å². The van der Waals surface area contributed by atoms with Gasteiger partial charge in [-0.3, -0.25) is 4.99 Å². The van der Waals surface area contributed by atoms with Gasteiger partial charge in [0.2, 0.25) is 0 Å². The predicted octanol–water partition coefficient (Wildman–Crippen LogP) is 3.86. The quantitative estimate of drug-likeness (QED) is 0.706. The number of benzene rings is 2. The zero-order valence-electron chi connectivity index (χ0n) is 13.7. The Kier molecular flexibility index (Phi) is 4.83. The Bertz CT molecular complexity index is 963. The van der Waals surface area contributed by atoms with Gasteiger partial charge >= 0.3 is 0 Å². The van der Waals surface area contributed by atoms with Crippen molar-refractivity contribution >= 4 is 48.4 Å². The van der Waals surface area contributed by atoms with Crippen LogP contribution in [0, 0.1) is 5.82 Å². The van der Waals surface area contributed by atoms with E-state index in [1.807, 2.05) is 24.3 Å². The van der Waals surface area contributed by atoms with Gasteiger partial charge in [-0.1, -0.05) is 52.0 Å². The summed E-state index contributed by atoms with van der Waals surface area (Å²) in [6.45, 7) is 0. The van der Waals surface area contributed by atoms with Crippen molar-refractivity contribution in [1.82, 2.24) is 0 Å². The lowest BCUT2D eigenvalue weighted by molar-refractivity contribution is 0.600. The van der Waals surface area contributed by atoms with Gasteiger partial charge in [-0.25, -0.2) is 12.8 Å². The fourth-order valence-corrected chi connectivity index (χ4v) is 6.47. The number of hydrogen-bond donors (Lipinski definition) is 0. The van der Waals surface area contributed by atoms with Gasteiger partial charge in [0.15, 0.2) is 15.0 Å². The summed E-state index contributed by atoms with van der Waals surface area (Å²) in [5, 5.41) is 0.683. The monoisotopic (exact) mass is 454 g/mol. The summed E-state index contributed by atoms with van der Waals surface area (Å²) in [5.74, 6) is 0.362. The van der Waals surface area contributed by atoms with Crippen LogP contribution >= 0.6 is 27.7 Å². The van der Waals surface area contributed by atoms with Crippen LogP contribution in [0.2, 0.25) is 0 Å². The summed E-state index contributed by atoms with van der Waals surface area (Å²) in [6, 6.07) is 13.8. The highest BCUT2D eigenvalue weighted by molar-refractivity contribution is 9.10. The van der Waals surface area contributed by atoms with Crippen LogP contribution in [0.4, 0.5) is 10.1 Å². The van der Waals surface area contributed by atoms with Crippen molar-refractivity contribution < 1.29 is 12.8 Å². The fraction of sp³-hybridized carbons (Fsp3) is 0.278. The second-order valence-corrected chi connectivity index (χ2v) is 10.4. The van der Waals surface area contributed by atoms with E-state index < -0.39 is 9.84 Å². The number of hydrogen-bond acceptors (Lipinski definition) is 5. The van der Waals surface area contributed by atoms with Gasteiger partial charge in [0.1, 0.15) is 5.82 Å². The lowest BCUT2D eigenvalue weighted by Crippen LogP contribution is -2.39. The molecule has 0 aliphatic carbocycles. The molecule has 4 nitrogen and oxygen atoms in total. The van der Waals surface area contributed by atoms with E-state index in [-0.39, 0.29) is 29.4 Å². The first-order valence-corrected chi connectivity index (χ1v) is 11.7. The molecule has 26 heavy (non-hydrogen) atoms. The summed E-state index contributed by atoms with van der Waals surface area (Å²) in [6.07, 6.45) is 0. The Morgan fingerprint density at radius 2 is 1.88 bits per heavy atom. The molecule has 2 aliphatic heterocycles. The molecule has 0 aromatic heterocycles. The van der Waals surface area contributed by atoms with Gasteiger partial charge < -0.3 is 4.90 Å². The standard InChI is InChI=1S/C18H16BrFN2O2S2/c19-13-7-5-12(6-8-13)9-25-18-21-15-10-26(23,24)11-17(15)22(18)16-4-2-1-3-14(16)20/h1-8,15,17H,9-11H2/t15-,17+/m1/s1. The molecule has 0 radical (unpaired) electrons. The molecule has 2 aromatic rings. The smallest absolute Gasteiger partial charge is 0.164 e. The van der Waals surface area contributed by atoms with Crippen LogP contribution in [-0.4, -0.2) is 37.2 Å². The number of rotatable bonds is 3. The lowest BCUT2D eigenvalue weighted by Gasteiger charge is -2.26. The second kappa shape index (κ2) is 6.98. The van der Waals surface area contributed by atoms with E-state index in [1.54, 1.807) is 23.1 Å². The first kappa shape index (κ1) is 18.0. The van der Waals surface area contributed by atoms with Gasteiger partial charge in [0.25, 0.3) is 0 Å². The molecule has 2 aliphatic rings. The predicted molar refractivity (Wildman–Crippen MR) is 108 cm³/mol. The summed E-state index contributed by atoms with van der Waals surface area (Å²) in [4.78, 5) is 6.40. The SMILES string of the molecule is O=S1(=O)C[C@H]2N=C(SCc3ccc(Br)cc3)N(c3ccccc3F)[C@H]2C1. The number of aliphatic imine (C=N–C) groups is 1. The molecular weight excluding hydrogens is 439 g/mol. The Labute approximate surface area is 164 Å². The largest absolute Gasteiger partial charge is 0.312 e. The third kappa shape index (κ3) is 3.54. The topological polar surface area (TPSA) is 49.7 Å². The molecule has 0 amide bonds. The molecule has 136 valence electrons. The molecule has 0 spiro atoms. The molecule has 2 aromatic carbocycles. The van der Waals surface area contributed by atoms with Crippen LogP contribution in [0.15, 0.2) is 58.0 Å². The van der Waals surface area contributed by atoms with Crippen molar-refractivity contribution in [2.24, 2.45) is 4.99 Å². The number of anilines is 1. The van der Waals surface area contributed by atoms with Gasteiger partial charge in [0, 0.05) is 10.2 Å². The Morgan fingerprint density at radius 3 is 2.62 bits per heavy atom. The molecule has 1 fully saturated rings. The van der Waals surface area contributed by atoms with Crippen molar-refractivity contribution in [3.8, 4) is 0 Å². The van der Waals surface area contributed by atoms with Crippen molar-refractivity contribution in [2.75, 3.05) is 16.4 Å². The number of thioether (sulfide) groups is 1. The van der Waals surface area contributed by atoms with E-state index in [1.165, 1.54) is 17.8 Å². The molecule has 0 N–H and O–H groups in total. The van der Waals surface area contributed by atoms with E-state index in [4.69, 9.17) is 0 Å². The summed E-state index contributed by atoms with van der Waals surface area (Å²) < 4.78 is 39.5. The highest BCUT2D eigenvalue weighted by Crippen LogP contribution is 2.37. The van der Waals surface area contributed by atoms with Crippen LogP contribution in [-0.2, 0) is 15.6 Å². The lowest BCUT2D eigenvalue weighted by atomic mass is 10.1. The number of amidine groups is 1. The van der Waals surface area contributed by atoms with Gasteiger partial charge in [-0.2, -0.15) is 0 Å². The average Bonchev–Trinajstić information content (AvgIpc) is 3.06. The van der Waals surface area contributed by atoms with Gasteiger partial charge in [0.05, 0.1) is 29.3 Å². The highest BCUT2D eigenvalue weighted by Gasteiger charge is 2.47. The number of fused-ring (bicyclic) bond motifs is 1. The maximum Gasteiger partial charge on any atom is 0.164 e. The molecule has 4 rings (SSSR count). The van der Waals surface area contributed by atoms with E-state index >= 15 is 0 Å². The molecule has 0 bridgehead atoms. The summed E-state index contributed by atoms with van der Waals surface area (Å²) >= 11 is 4.93. The molecule has 0 saturated carbocycles. The maximum atomic E-state index is 14.4. The van der Waals surface area contributed by atoms with Crippen molar-refractivity contribution in [3.63, 3.8) is 0 Å². The molecule has 2 heterocycles. The first-order valence-electron chi connectivity index (χ1n) is 8.12. The average molecular weight is 455 g/mol. The van der Waals surface area contributed by atoms with E-state index in [0.717, 1.165) is 10.0 Å². The minimum absolute atomic E-state index is 0.0118. The number of nitrogens with zero attached hydrogens (tertiary/aromatic N) is 2. The van der Waals surface area contributed by atoms with Crippen LogP contribution in [0.3, 0.4) is 0 Å². The van der Waals surface area contributed by atoms with Crippen LogP contribution in [0.25, 0.3) is 0 Å². The normalized spacial score (nSPS) is 23.8. The minimum Gasteiger partial charge on any atom is -0.312 e. The van der Waals surface area contributed by atoms with Crippen molar-refractivity contribution in [3.05, 3.63) is 64.4 Å². The molecular formula is C18H16BrFN2O2S2. The zero-order chi connectivity index (χ0) is 18.3. The third-order valence-electron chi connectivity index (χ3n) is 4.50. The van der Waals surface area contributed by atoms with Crippen molar-refractivity contribution in [2.45, 2.75) is 17.8 Å². The van der Waals surface area contributed by atoms with Crippen LogP contribution in [0.5, 0.6) is 0 Å². The van der Waals surface area contributed by atoms with Gasteiger partial charge in [-0.15, -0.1) is 0 Å². The molecule has 1 saturated heterocycles. The Hall–Kier alpha value is -1.38. The third-order valence-corrected chi connectivity index (χ3v) is 7.77. The maximum absolute atomic E-state index is 14.4. The Morgan fingerprint density at radius 1 is 1.15 bits per heavy atom. The highest BCUT2D eigenvalue weighted by atomic mass is 79.9. The van der Waals surface area contributed by atoms with E-state index in [0.29, 0.717) is 16.6 Å².